The van der Waals surface area contributed by atoms with Gasteiger partial charge >= 0.3 is 0 Å². The van der Waals surface area contributed by atoms with E-state index in [1.165, 1.54) is 0 Å². The maximum atomic E-state index is 13.2. The van der Waals surface area contributed by atoms with Crippen molar-refractivity contribution in [2.24, 2.45) is 0 Å². The molecule has 0 unspecified atom stereocenters. The second-order valence-corrected chi connectivity index (χ2v) is 10.9. The number of rotatable bonds is 8. The van der Waals surface area contributed by atoms with E-state index < -0.39 is 5.54 Å². The number of benzene rings is 5. The Kier molecular flexibility index (Phi) is 7.09. The summed E-state index contributed by atoms with van der Waals surface area (Å²) in [7, 11) is 0. The van der Waals surface area contributed by atoms with E-state index >= 15 is 0 Å². The first kappa shape index (κ1) is 27.1. The molecule has 0 N–H and O–H groups in total. The molecule has 0 fully saturated rings. The zero-order valence-electron chi connectivity index (χ0n) is 24.3. The number of hydrogen-bond donors (Lipinski definition) is 0. The van der Waals surface area contributed by atoms with E-state index in [1.54, 1.807) is 12.3 Å². The van der Waals surface area contributed by atoms with Gasteiger partial charge in [0, 0.05) is 22.7 Å². The number of carbonyl (C=O) groups excluding carboxylic acids is 1. The molecule has 44 heavy (non-hydrogen) atoms. The quantitative estimate of drug-likeness (QED) is 0.104. The van der Waals surface area contributed by atoms with E-state index in [9.17, 15) is 4.79 Å². The molecule has 4 heteroatoms. The summed E-state index contributed by atoms with van der Waals surface area (Å²) in [5.74, 6) is -0.0657. The van der Waals surface area contributed by atoms with E-state index in [-0.39, 0.29) is 5.78 Å². The molecule has 5 aromatic carbocycles. The SMILES string of the molecule is Cc1coc2ccc(C(=O)C=Cc3ccccc3-c3cn(C(c4ccccc4)(c4ccccc4)c4ccccc4)cn3)cc12. The zero-order chi connectivity index (χ0) is 29.9. The van der Waals surface area contributed by atoms with Gasteiger partial charge in [0.1, 0.15) is 11.1 Å². The summed E-state index contributed by atoms with van der Waals surface area (Å²) in [6.45, 7) is 1.98. The highest BCUT2D eigenvalue weighted by atomic mass is 16.3. The number of aromatic nitrogens is 2. The third-order valence-electron chi connectivity index (χ3n) is 8.25. The lowest BCUT2D eigenvalue weighted by Gasteiger charge is -2.37. The van der Waals surface area contributed by atoms with Gasteiger partial charge in [-0.1, -0.05) is 121 Å². The van der Waals surface area contributed by atoms with Crippen molar-refractivity contribution in [1.82, 2.24) is 9.55 Å². The van der Waals surface area contributed by atoms with Crippen molar-refractivity contribution in [3.05, 3.63) is 192 Å². The van der Waals surface area contributed by atoms with Gasteiger partial charge in [0.2, 0.25) is 0 Å². The van der Waals surface area contributed by atoms with Crippen molar-refractivity contribution in [1.29, 1.82) is 0 Å². The molecule has 0 amide bonds. The summed E-state index contributed by atoms with van der Waals surface area (Å²) in [6.07, 6.45) is 9.25. The third kappa shape index (κ3) is 4.77. The number of furan rings is 1. The van der Waals surface area contributed by atoms with E-state index in [2.05, 4.69) is 83.6 Å². The molecular formula is C40H30N2O2. The number of imidazole rings is 1. The van der Waals surface area contributed by atoms with Crippen LogP contribution in [0.25, 0.3) is 28.3 Å². The summed E-state index contributed by atoms with van der Waals surface area (Å²) >= 11 is 0. The van der Waals surface area contributed by atoms with Crippen LogP contribution in [0.15, 0.2) is 163 Å². The van der Waals surface area contributed by atoms with E-state index in [4.69, 9.17) is 9.40 Å². The van der Waals surface area contributed by atoms with Crippen LogP contribution >= 0.6 is 0 Å². The van der Waals surface area contributed by atoms with Gasteiger partial charge in [-0.25, -0.2) is 4.98 Å². The van der Waals surface area contributed by atoms with E-state index in [0.29, 0.717) is 5.56 Å². The van der Waals surface area contributed by atoms with Gasteiger partial charge in [0.15, 0.2) is 5.78 Å². The molecule has 0 atom stereocenters. The summed E-state index contributed by atoms with van der Waals surface area (Å²) in [5, 5.41) is 0.953. The smallest absolute Gasteiger partial charge is 0.185 e. The maximum Gasteiger partial charge on any atom is 0.185 e. The number of fused-ring (bicyclic) bond motifs is 1. The molecule has 0 radical (unpaired) electrons. The van der Waals surface area contributed by atoms with Gasteiger partial charge in [-0.05, 0) is 59.0 Å². The summed E-state index contributed by atoms with van der Waals surface area (Å²) < 4.78 is 7.75. The molecule has 212 valence electrons. The normalized spacial score (nSPS) is 11.8. The van der Waals surface area contributed by atoms with Crippen molar-refractivity contribution < 1.29 is 9.21 Å². The van der Waals surface area contributed by atoms with Crippen molar-refractivity contribution in [3.63, 3.8) is 0 Å². The molecule has 0 aliphatic rings. The van der Waals surface area contributed by atoms with Crippen molar-refractivity contribution in [2.45, 2.75) is 12.5 Å². The monoisotopic (exact) mass is 570 g/mol. The number of aryl methyl sites for hydroxylation is 1. The highest BCUT2D eigenvalue weighted by Gasteiger charge is 2.38. The van der Waals surface area contributed by atoms with Crippen LogP contribution in [-0.4, -0.2) is 15.3 Å². The van der Waals surface area contributed by atoms with Gasteiger partial charge in [0.05, 0.1) is 18.3 Å². The standard InChI is InChI=1S/C40H30N2O2/c1-29-27-44-39-24-22-31(25-36(29)39)38(43)23-21-30-13-11-12-20-35(30)37-26-42(28-41-37)40(32-14-5-2-6-15-32,33-16-7-3-8-17-33)34-18-9-4-10-19-34/h2-28H,1H3. The summed E-state index contributed by atoms with van der Waals surface area (Å²) in [4.78, 5) is 18.2. The highest BCUT2D eigenvalue weighted by molar-refractivity contribution is 6.09. The fraction of sp³-hybridized carbons (Fsp3) is 0.0500. The number of carbonyl (C=O) groups is 1. The van der Waals surface area contributed by atoms with Crippen LogP contribution in [0.3, 0.4) is 0 Å². The first-order chi connectivity index (χ1) is 21.6. The lowest BCUT2D eigenvalue weighted by Crippen LogP contribution is -2.36. The van der Waals surface area contributed by atoms with Crippen LogP contribution in [0.4, 0.5) is 0 Å². The van der Waals surface area contributed by atoms with Crippen LogP contribution in [0.2, 0.25) is 0 Å². The zero-order valence-corrected chi connectivity index (χ0v) is 24.3. The molecule has 0 spiro atoms. The average Bonchev–Trinajstić information content (AvgIpc) is 3.73. The van der Waals surface area contributed by atoms with Gasteiger partial charge in [-0.15, -0.1) is 0 Å². The minimum atomic E-state index is -0.653. The van der Waals surface area contributed by atoms with Gasteiger partial charge in [-0.2, -0.15) is 0 Å². The van der Waals surface area contributed by atoms with Crippen LogP contribution in [0, 0.1) is 6.92 Å². The number of allylic oxidation sites excluding steroid dienone is 1. The van der Waals surface area contributed by atoms with Gasteiger partial charge in [0.25, 0.3) is 0 Å². The Balaban J connectivity index is 1.32. The lowest BCUT2D eigenvalue weighted by atomic mass is 9.77. The lowest BCUT2D eigenvalue weighted by molar-refractivity contribution is 0.104. The fourth-order valence-electron chi connectivity index (χ4n) is 6.08. The Bertz CT molecular complexity index is 1990. The molecule has 0 bridgehead atoms. The number of nitrogens with zero attached hydrogens (tertiary/aromatic N) is 2. The van der Waals surface area contributed by atoms with Crippen molar-refractivity contribution in [2.75, 3.05) is 0 Å². The van der Waals surface area contributed by atoms with Gasteiger partial charge < -0.3 is 8.98 Å². The number of hydrogen-bond acceptors (Lipinski definition) is 3. The van der Waals surface area contributed by atoms with Crippen LogP contribution in [0.1, 0.15) is 38.2 Å². The Morgan fingerprint density at radius 2 is 1.34 bits per heavy atom. The predicted octanol–water partition coefficient (Wildman–Crippen LogP) is 9.34. The largest absolute Gasteiger partial charge is 0.464 e. The Morgan fingerprint density at radius 3 is 1.98 bits per heavy atom. The van der Waals surface area contributed by atoms with E-state index in [0.717, 1.165) is 50.0 Å². The first-order valence-corrected chi connectivity index (χ1v) is 14.7. The molecule has 0 saturated heterocycles. The Labute approximate surface area is 256 Å². The molecule has 7 aromatic rings. The second-order valence-electron chi connectivity index (χ2n) is 10.9. The maximum absolute atomic E-state index is 13.2. The van der Waals surface area contributed by atoms with E-state index in [1.807, 2.05) is 80.0 Å². The minimum Gasteiger partial charge on any atom is -0.464 e. The molecular weight excluding hydrogens is 540 g/mol. The molecule has 0 saturated carbocycles. The summed E-state index contributed by atoms with van der Waals surface area (Å²) in [5.41, 5.74) is 7.83. The average molecular weight is 571 g/mol. The van der Waals surface area contributed by atoms with Crippen LogP contribution in [0.5, 0.6) is 0 Å². The predicted molar refractivity (Wildman–Crippen MR) is 177 cm³/mol. The molecule has 2 heterocycles. The highest BCUT2D eigenvalue weighted by Crippen LogP contribution is 2.41. The molecule has 7 rings (SSSR count). The molecule has 0 aliphatic heterocycles. The van der Waals surface area contributed by atoms with Crippen LogP contribution < -0.4 is 0 Å². The summed E-state index contributed by atoms with van der Waals surface area (Å²) in [6, 6.07) is 45.2. The van der Waals surface area contributed by atoms with Gasteiger partial charge in [-0.3, -0.25) is 4.79 Å². The molecule has 4 nitrogen and oxygen atoms in total. The second kappa shape index (κ2) is 11.5. The molecule has 0 aliphatic carbocycles. The molecule has 2 aromatic heterocycles. The minimum absolute atomic E-state index is 0.0657. The van der Waals surface area contributed by atoms with Crippen LogP contribution in [-0.2, 0) is 5.54 Å². The van der Waals surface area contributed by atoms with Crippen molar-refractivity contribution >= 4 is 22.8 Å². The first-order valence-electron chi connectivity index (χ1n) is 14.7. The topological polar surface area (TPSA) is 48.0 Å². The van der Waals surface area contributed by atoms with Crippen molar-refractivity contribution in [3.8, 4) is 11.3 Å². The Morgan fingerprint density at radius 1 is 0.750 bits per heavy atom. The third-order valence-corrected chi connectivity index (χ3v) is 8.25. The fourth-order valence-corrected chi connectivity index (χ4v) is 6.08. The number of ketones is 1. The Hall–Kier alpha value is -5.74.